The Labute approximate surface area is 121 Å². The van der Waals surface area contributed by atoms with Crippen LogP contribution in [0, 0.1) is 0 Å². The van der Waals surface area contributed by atoms with Crippen LogP contribution in [0.5, 0.6) is 5.75 Å². The van der Waals surface area contributed by atoms with Crippen molar-refractivity contribution >= 4 is 0 Å². The van der Waals surface area contributed by atoms with Crippen molar-refractivity contribution in [3.8, 4) is 5.75 Å². The van der Waals surface area contributed by atoms with Crippen molar-refractivity contribution in [3.05, 3.63) is 29.8 Å². The first kappa shape index (κ1) is 17.0. The van der Waals surface area contributed by atoms with E-state index in [4.69, 9.17) is 19.2 Å². The van der Waals surface area contributed by atoms with Gasteiger partial charge >= 0.3 is 0 Å². The molecule has 0 heterocycles. The molecule has 1 rings (SSSR count). The molecule has 0 radical (unpaired) electrons. The van der Waals surface area contributed by atoms with Gasteiger partial charge in [-0.2, -0.15) is 0 Å². The molecule has 0 aliphatic heterocycles. The highest BCUT2D eigenvalue weighted by Crippen LogP contribution is 2.14. The Balaban J connectivity index is 2.26. The van der Waals surface area contributed by atoms with Crippen LogP contribution >= 0.6 is 0 Å². The normalized spacial score (nSPS) is 11.3. The number of hydrogen-bond donors (Lipinski definition) is 0. The van der Waals surface area contributed by atoms with Gasteiger partial charge in [0.05, 0.1) is 25.4 Å². The lowest BCUT2D eigenvalue weighted by Gasteiger charge is -2.10. The molecule has 0 saturated heterocycles. The van der Waals surface area contributed by atoms with Gasteiger partial charge in [0.2, 0.25) is 0 Å². The summed E-state index contributed by atoms with van der Waals surface area (Å²) in [5.74, 6) is 0.861. The quantitative estimate of drug-likeness (QED) is 0.374. The predicted octanol–water partition coefficient (Wildman–Crippen LogP) is 3.39. The summed E-state index contributed by atoms with van der Waals surface area (Å²) in [6.45, 7) is 9.61. The number of benzene rings is 1. The Morgan fingerprint density at radius 2 is 1.75 bits per heavy atom. The van der Waals surface area contributed by atoms with Crippen molar-refractivity contribution in [2.24, 2.45) is 0 Å². The Morgan fingerprint density at radius 1 is 0.950 bits per heavy atom. The maximum absolute atomic E-state index is 5.64. The van der Waals surface area contributed by atoms with E-state index in [9.17, 15) is 0 Å². The molecular formula is C16H26O4. The standard InChI is InChI=1S/C16H26O4/c1-13(2)17-10-11-18-16-7-5-6-15(12-16)8-9-19-20-14(3)4/h5-7,12-14H,8-11H2,1-4H3. The predicted molar refractivity (Wildman–Crippen MR) is 78.9 cm³/mol. The van der Waals surface area contributed by atoms with Crippen molar-refractivity contribution < 1.29 is 19.2 Å². The van der Waals surface area contributed by atoms with E-state index in [0.717, 1.165) is 12.2 Å². The maximum atomic E-state index is 5.64. The molecule has 1 aromatic carbocycles. The molecule has 0 aliphatic rings. The SMILES string of the molecule is CC(C)OCCOc1cccc(CCOOC(C)C)c1. The molecule has 1 aromatic rings. The smallest absolute Gasteiger partial charge is 0.119 e. The first-order valence-electron chi connectivity index (χ1n) is 7.19. The summed E-state index contributed by atoms with van der Waals surface area (Å²) in [4.78, 5) is 10.2. The molecule has 4 heteroatoms. The van der Waals surface area contributed by atoms with E-state index in [1.54, 1.807) is 0 Å². The topological polar surface area (TPSA) is 36.9 Å². The van der Waals surface area contributed by atoms with E-state index >= 15 is 0 Å². The molecule has 0 saturated carbocycles. The van der Waals surface area contributed by atoms with Gasteiger partial charge in [-0.05, 0) is 51.8 Å². The highest BCUT2D eigenvalue weighted by molar-refractivity contribution is 5.28. The van der Waals surface area contributed by atoms with Crippen LogP contribution in [0.3, 0.4) is 0 Å². The lowest BCUT2D eigenvalue weighted by molar-refractivity contribution is -0.316. The Morgan fingerprint density at radius 3 is 2.45 bits per heavy atom. The largest absolute Gasteiger partial charge is 0.491 e. The van der Waals surface area contributed by atoms with E-state index in [1.165, 1.54) is 5.56 Å². The minimum atomic E-state index is 0.0885. The molecule has 0 N–H and O–H groups in total. The average molecular weight is 282 g/mol. The Hall–Kier alpha value is -1.10. The molecule has 0 aliphatic carbocycles. The third kappa shape index (κ3) is 8.15. The van der Waals surface area contributed by atoms with Crippen molar-refractivity contribution in [2.45, 2.75) is 46.3 Å². The van der Waals surface area contributed by atoms with Crippen LogP contribution in [0.1, 0.15) is 33.3 Å². The second-order valence-corrected chi connectivity index (χ2v) is 5.13. The Kier molecular flexibility index (Phi) is 8.26. The van der Waals surface area contributed by atoms with E-state index in [1.807, 2.05) is 45.9 Å². The number of hydrogen-bond acceptors (Lipinski definition) is 4. The van der Waals surface area contributed by atoms with Crippen molar-refractivity contribution in [1.29, 1.82) is 0 Å². The van der Waals surface area contributed by atoms with Gasteiger partial charge in [0.15, 0.2) is 0 Å². The van der Waals surface area contributed by atoms with Gasteiger partial charge in [0.1, 0.15) is 12.4 Å². The summed E-state index contributed by atoms with van der Waals surface area (Å²) < 4.78 is 11.1. The highest BCUT2D eigenvalue weighted by Gasteiger charge is 2.00. The summed E-state index contributed by atoms with van der Waals surface area (Å²) in [6.07, 6.45) is 1.13. The van der Waals surface area contributed by atoms with Crippen LogP contribution in [-0.4, -0.2) is 32.0 Å². The summed E-state index contributed by atoms with van der Waals surface area (Å²) >= 11 is 0. The van der Waals surface area contributed by atoms with Crippen LogP contribution in [0.2, 0.25) is 0 Å². The van der Waals surface area contributed by atoms with Gasteiger partial charge in [0, 0.05) is 0 Å². The molecule has 20 heavy (non-hydrogen) atoms. The van der Waals surface area contributed by atoms with Gasteiger partial charge in [-0.15, -0.1) is 0 Å². The third-order valence-corrected chi connectivity index (χ3v) is 2.44. The summed E-state index contributed by atoms with van der Waals surface area (Å²) in [7, 11) is 0. The van der Waals surface area contributed by atoms with Gasteiger partial charge in [-0.3, -0.25) is 0 Å². The summed E-state index contributed by atoms with van der Waals surface area (Å²) in [5, 5.41) is 0. The fraction of sp³-hybridized carbons (Fsp3) is 0.625. The van der Waals surface area contributed by atoms with E-state index in [2.05, 4.69) is 6.07 Å². The minimum Gasteiger partial charge on any atom is -0.491 e. The number of rotatable bonds is 10. The van der Waals surface area contributed by atoms with Crippen LogP contribution < -0.4 is 4.74 Å². The van der Waals surface area contributed by atoms with E-state index in [0.29, 0.717) is 19.8 Å². The molecule has 4 nitrogen and oxygen atoms in total. The molecule has 114 valence electrons. The monoisotopic (exact) mass is 282 g/mol. The van der Waals surface area contributed by atoms with Gasteiger partial charge in [-0.25, -0.2) is 9.78 Å². The zero-order valence-electron chi connectivity index (χ0n) is 12.9. The number of ether oxygens (including phenoxy) is 2. The first-order chi connectivity index (χ1) is 9.58. The second-order valence-electron chi connectivity index (χ2n) is 5.13. The van der Waals surface area contributed by atoms with Crippen LogP contribution in [-0.2, 0) is 20.9 Å². The first-order valence-corrected chi connectivity index (χ1v) is 7.19. The lowest BCUT2D eigenvalue weighted by atomic mass is 10.1. The Bertz CT molecular complexity index is 332. The van der Waals surface area contributed by atoms with E-state index in [-0.39, 0.29) is 12.2 Å². The van der Waals surface area contributed by atoms with Crippen LogP contribution in [0.25, 0.3) is 0 Å². The molecule has 0 spiro atoms. The van der Waals surface area contributed by atoms with Crippen molar-refractivity contribution in [1.82, 2.24) is 0 Å². The fourth-order valence-corrected chi connectivity index (χ4v) is 1.58. The highest BCUT2D eigenvalue weighted by atomic mass is 17.2. The lowest BCUT2D eigenvalue weighted by Crippen LogP contribution is -2.11. The van der Waals surface area contributed by atoms with E-state index < -0.39 is 0 Å². The van der Waals surface area contributed by atoms with Crippen LogP contribution in [0.15, 0.2) is 24.3 Å². The van der Waals surface area contributed by atoms with Gasteiger partial charge in [0.25, 0.3) is 0 Å². The third-order valence-electron chi connectivity index (χ3n) is 2.44. The molecule has 0 atom stereocenters. The van der Waals surface area contributed by atoms with Crippen molar-refractivity contribution in [2.75, 3.05) is 19.8 Å². The van der Waals surface area contributed by atoms with Crippen molar-refractivity contribution in [3.63, 3.8) is 0 Å². The van der Waals surface area contributed by atoms with Crippen LogP contribution in [0.4, 0.5) is 0 Å². The van der Waals surface area contributed by atoms with Gasteiger partial charge in [-0.1, -0.05) is 12.1 Å². The zero-order valence-corrected chi connectivity index (χ0v) is 12.9. The molecule has 0 fully saturated rings. The zero-order chi connectivity index (χ0) is 14.8. The fourth-order valence-electron chi connectivity index (χ4n) is 1.58. The molecule has 0 aromatic heterocycles. The minimum absolute atomic E-state index is 0.0885. The average Bonchev–Trinajstić information content (AvgIpc) is 2.40. The summed E-state index contributed by atoms with van der Waals surface area (Å²) in [6, 6.07) is 8.01. The maximum Gasteiger partial charge on any atom is 0.119 e. The molecule has 0 unspecified atom stereocenters. The van der Waals surface area contributed by atoms with Gasteiger partial charge < -0.3 is 9.47 Å². The second kappa shape index (κ2) is 9.75. The molecular weight excluding hydrogens is 256 g/mol. The summed E-state index contributed by atoms with van der Waals surface area (Å²) in [5.41, 5.74) is 1.17. The molecule has 0 bridgehead atoms. The molecule has 0 amide bonds.